The van der Waals surface area contributed by atoms with E-state index in [9.17, 15) is 4.79 Å². The van der Waals surface area contributed by atoms with Gasteiger partial charge < -0.3 is 9.72 Å². The van der Waals surface area contributed by atoms with Gasteiger partial charge in [-0.2, -0.15) is 0 Å². The first-order valence-electron chi connectivity index (χ1n) is 6.58. The molecule has 0 saturated heterocycles. The number of H-pyrrole nitrogens is 1. The third-order valence-corrected chi connectivity index (χ3v) is 3.36. The number of benzene rings is 2. The predicted molar refractivity (Wildman–Crippen MR) is 78.6 cm³/mol. The molecule has 100 valence electrons. The van der Waals surface area contributed by atoms with Gasteiger partial charge in [0.2, 0.25) is 0 Å². The molecule has 1 heterocycles. The molecule has 3 nitrogen and oxygen atoms in total. The van der Waals surface area contributed by atoms with Crippen molar-refractivity contribution in [2.45, 2.75) is 13.0 Å². The van der Waals surface area contributed by atoms with E-state index in [1.54, 1.807) is 6.20 Å². The molecule has 1 aromatic heterocycles. The zero-order chi connectivity index (χ0) is 13.9. The minimum atomic E-state index is -0.307. The first-order valence-corrected chi connectivity index (χ1v) is 6.58. The monoisotopic (exact) mass is 265 g/mol. The van der Waals surface area contributed by atoms with Crippen molar-refractivity contribution in [2.75, 3.05) is 0 Å². The van der Waals surface area contributed by atoms with E-state index in [0.717, 1.165) is 16.5 Å². The molecule has 0 unspecified atom stereocenters. The summed E-state index contributed by atoms with van der Waals surface area (Å²) in [6.07, 6.45) is 1.43. The van der Waals surface area contributed by atoms with Gasteiger partial charge in [-0.3, -0.25) is 0 Å². The quantitative estimate of drug-likeness (QED) is 0.725. The molecule has 2 aromatic carbocycles. The summed E-state index contributed by atoms with van der Waals surface area (Å²) in [5.74, 6) is -0.307. The van der Waals surface area contributed by atoms with Crippen LogP contribution in [0.2, 0.25) is 0 Å². The van der Waals surface area contributed by atoms with Crippen LogP contribution in [0.15, 0.2) is 60.8 Å². The van der Waals surface area contributed by atoms with Gasteiger partial charge in [0, 0.05) is 17.1 Å². The molecule has 1 N–H and O–H groups in total. The highest BCUT2D eigenvalue weighted by Crippen LogP contribution is 2.22. The van der Waals surface area contributed by atoms with Crippen molar-refractivity contribution >= 4 is 16.9 Å². The summed E-state index contributed by atoms with van der Waals surface area (Å²) in [4.78, 5) is 15.3. The highest BCUT2D eigenvalue weighted by molar-refractivity contribution is 6.04. The van der Waals surface area contributed by atoms with Gasteiger partial charge in [-0.25, -0.2) is 4.79 Å². The van der Waals surface area contributed by atoms with Gasteiger partial charge in [0.1, 0.15) is 6.10 Å². The lowest BCUT2D eigenvalue weighted by molar-refractivity contribution is 0.0340. The van der Waals surface area contributed by atoms with Crippen LogP contribution in [-0.2, 0) is 4.74 Å². The standard InChI is InChI=1S/C17H15NO2/c1-12(13-7-3-2-4-8-13)20-17(19)15-11-18-16-10-6-5-9-14(15)16/h2-12,18H,1H3/t12-/m0/s1. The molecule has 0 fully saturated rings. The summed E-state index contributed by atoms with van der Waals surface area (Å²) in [5.41, 5.74) is 2.50. The number of hydrogen-bond donors (Lipinski definition) is 1. The summed E-state index contributed by atoms with van der Waals surface area (Å²) in [6, 6.07) is 17.4. The number of esters is 1. The summed E-state index contributed by atoms with van der Waals surface area (Å²) in [6.45, 7) is 1.88. The minimum absolute atomic E-state index is 0.266. The number of nitrogens with one attached hydrogen (secondary N) is 1. The maximum absolute atomic E-state index is 12.3. The average molecular weight is 265 g/mol. The Morgan fingerprint density at radius 2 is 1.75 bits per heavy atom. The fraction of sp³-hybridized carbons (Fsp3) is 0.118. The number of rotatable bonds is 3. The lowest BCUT2D eigenvalue weighted by atomic mass is 10.1. The summed E-state index contributed by atoms with van der Waals surface area (Å²) < 4.78 is 5.53. The van der Waals surface area contributed by atoms with Crippen LogP contribution >= 0.6 is 0 Å². The second kappa shape index (κ2) is 5.21. The predicted octanol–water partition coefficient (Wildman–Crippen LogP) is 4.09. The number of ether oxygens (including phenoxy) is 1. The molecular weight excluding hydrogens is 250 g/mol. The van der Waals surface area contributed by atoms with Crippen molar-refractivity contribution in [3.8, 4) is 0 Å². The van der Waals surface area contributed by atoms with Crippen LogP contribution in [0.25, 0.3) is 10.9 Å². The Bertz CT molecular complexity index is 731. The van der Waals surface area contributed by atoms with E-state index in [0.29, 0.717) is 5.56 Å². The summed E-state index contributed by atoms with van der Waals surface area (Å²) >= 11 is 0. The molecule has 0 saturated carbocycles. The Hall–Kier alpha value is -2.55. The zero-order valence-electron chi connectivity index (χ0n) is 11.2. The van der Waals surface area contributed by atoms with Gasteiger partial charge in [0.25, 0.3) is 0 Å². The van der Waals surface area contributed by atoms with Crippen LogP contribution in [0.3, 0.4) is 0 Å². The van der Waals surface area contributed by atoms with Gasteiger partial charge in [-0.1, -0.05) is 48.5 Å². The molecular formula is C17H15NO2. The van der Waals surface area contributed by atoms with E-state index in [-0.39, 0.29) is 12.1 Å². The first-order chi connectivity index (χ1) is 9.75. The van der Waals surface area contributed by atoms with Gasteiger partial charge in [0.15, 0.2) is 0 Å². The van der Waals surface area contributed by atoms with E-state index in [1.807, 2.05) is 61.5 Å². The second-order valence-corrected chi connectivity index (χ2v) is 4.71. The van der Waals surface area contributed by atoms with Crippen LogP contribution in [0.4, 0.5) is 0 Å². The molecule has 0 aliphatic carbocycles. The van der Waals surface area contributed by atoms with Crippen molar-refractivity contribution in [2.24, 2.45) is 0 Å². The van der Waals surface area contributed by atoms with E-state index >= 15 is 0 Å². The molecule has 3 aromatic rings. The van der Waals surface area contributed by atoms with Gasteiger partial charge >= 0.3 is 5.97 Å². The number of aromatic amines is 1. The fourth-order valence-electron chi connectivity index (χ4n) is 2.26. The molecule has 0 spiro atoms. The number of carbonyl (C=O) groups is 1. The van der Waals surface area contributed by atoms with Crippen molar-refractivity contribution in [1.82, 2.24) is 4.98 Å². The van der Waals surface area contributed by atoms with Crippen molar-refractivity contribution in [3.63, 3.8) is 0 Å². The lowest BCUT2D eigenvalue weighted by Gasteiger charge is -2.13. The molecule has 0 aliphatic heterocycles. The Kier molecular flexibility index (Phi) is 3.25. The zero-order valence-corrected chi connectivity index (χ0v) is 11.2. The van der Waals surface area contributed by atoms with Crippen molar-refractivity contribution in [3.05, 3.63) is 71.9 Å². The van der Waals surface area contributed by atoms with Crippen LogP contribution in [0, 0.1) is 0 Å². The third kappa shape index (κ3) is 2.30. The maximum Gasteiger partial charge on any atom is 0.340 e. The maximum atomic E-state index is 12.3. The average Bonchev–Trinajstić information content (AvgIpc) is 2.92. The molecule has 3 rings (SSSR count). The Morgan fingerprint density at radius 3 is 2.55 bits per heavy atom. The van der Waals surface area contributed by atoms with E-state index < -0.39 is 0 Å². The number of carbonyl (C=O) groups excluding carboxylic acids is 1. The Balaban J connectivity index is 1.83. The second-order valence-electron chi connectivity index (χ2n) is 4.71. The normalized spacial score (nSPS) is 12.2. The number of fused-ring (bicyclic) bond motifs is 1. The Labute approximate surface area is 117 Å². The first kappa shape index (κ1) is 12.5. The van der Waals surface area contributed by atoms with Gasteiger partial charge in [-0.15, -0.1) is 0 Å². The largest absolute Gasteiger partial charge is 0.454 e. The lowest BCUT2D eigenvalue weighted by Crippen LogP contribution is -2.08. The summed E-state index contributed by atoms with van der Waals surface area (Å²) in [5, 5.41) is 0.887. The topological polar surface area (TPSA) is 42.1 Å². The van der Waals surface area contributed by atoms with E-state index in [4.69, 9.17) is 4.74 Å². The molecule has 0 aliphatic rings. The summed E-state index contributed by atoms with van der Waals surface area (Å²) in [7, 11) is 0. The van der Waals surface area contributed by atoms with Gasteiger partial charge in [0.05, 0.1) is 5.56 Å². The van der Waals surface area contributed by atoms with E-state index in [1.165, 1.54) is 0 Å². The molecule has 3 heteroatoms. The number of hydrogen-bond acceptors (Lipinski definition) is 2. The van der Waals surface area contributed by atoms with Crippen LogP contribution in [-0.4, -0.2) is 11.0 Å². The molecule has 0 amide bonds. The molecule has 0 radical (unpaired) electrons. The highest BCUT2D eigenvalue weighted by atomic mass is 16.5. The number of para-hydroxylation sites is 1. The molecule has 1 atom stereocenters. The van der Waals surface area contributed by atoms with E-state index in [2.05, 4.69) is 4.98 Å². The smallest absolute Gasteiger partial charge is 0.340 e. The minimum Gasteiger partial charge on any atom is -0.454 e. The molecule has 20 heavy (non-hydrogen) atoms. The van der Waals surface area contributed by atoms with Gasteiger partial charge in [-0.05, 0) is 18.6 Å². The van der Waals surface area contributed by atoms with Crippen LogP contribution in [0.5, 0.6) is 0 Å². The Morgan fingerprint density at radius 1 is 1.05 bits per heavy atom. The van der Waals surface area contributed by atoms with Crippen molar-refractivity contribution in [1.29, 1.82) is 0 Å². The SMILES string of the molecule is C[C@H](OC(=O)c1c[nH]c2ccccc12)c1ccccc1. The highest BCUT2D eigenvalue weighted by Gasteiger charge is 2.16. The molecule has 0 bridgehead atoms. The van der Waals surface area contributed by atoms with Crippen LogP contribution < -0.4 is 0 Å². The van der Waals surface area contributed by atoms with Crippen molar-refractivity contribution < 1.29 is 9.53 Å². The number of aromatic nitrogens is 1. The third-order valence-electron chi connectivity index (χ3n) is 3.36. The fourth-order valence-corrected chi connectivity index (χ4v) is 2.26. The van der Waals surface area contributed by atoms with Crippen LogP contribution in [0.1, 0.15) is 28.9 Å².